The third kappa shape index (κ3) is 3.07. The van der Waals surface area contributed by atoms with E-state index in [9.17, 15) is 8.78 Å². The first-order valence-electron chi connectivity index (χ1n) is 5.45. The van der Waals surface area contributed by atoms with Crippen molar-refractivity contribution in [2.45, 2.75) is 5.38 Å². The molecule has 1 atom stereocenters. The number of benzene rings is 2. The van der Waals surface area contributed by atoms with Gasteiger partial charge in [0.1, 0.15) is 17.4 Å². The fraction of sp³-hybridized carbons (Fsp3) is 0.143. The van der Waals surface area contributed by atoms with Gasteiger partial charge in [0.05, 0.1) is 12.5 Å². The van der Waals surface area contributed by atoms with Gasteiger partial charge in [0.25, 0.3) is 0 Å². The number of halogens is 4. The van der Waals surface area contributed by atoms with Crippen LogP contribution >= 0.6 is 27.5 Å². The average molecular weight is 348 g/mol. The van der Waals surface area contributed by atoms with Crippen molar-refractivity contribution in [1.82, 2.24) is 0 Å². The summed E-state index contributed by atoms with van der Waals surface area (Å²) in [4.78, 5) is 0. The Labute approximate surface area is 123 Å². The quantitative estimate of drug-likeness (QED) is 0.705. The molecule has 0 aromatic heterocycles. The lowest BCUT2D eigenvalue weighted by Gasteiger charge is -2.14. The van der Waals surface area contributed by atoms with Crippen LogP contribution in [0.1, 0.15) is 16.5 Å². The van der Waals surface area contributed by atoms with Crippen molar-refractivity contribution in [1.29, 1.82) is 0 Å². The van der Waals surface area contributed by atoms with E-state index in [0.717, 1.165) is 16.6 Å². The van der Waals surface area contributed by atoms with Crippen LogP contribution in [0, 0.1) is 11.6 Å². The summed E-state index contributed by atoms with van der Waals surface area (Å²) in [6.45, 7) is 0. The van der Waals surface area contributed by atoms with E-state index in [1.54, 1.807) is 18.2 Å². The van der Waals surface area contributed by atoms with Crippen LogP contribution in [0.3, 0.4) is 0 Å². The predicted octanol–water partition coefficient (Wildman–Crippen LogP) is 5.06. The smallest absolute Gasteiger partial charge is 0.134 e. The number of hydrogen-bond donors (Lipinski definition) is 0. The van der Waals surface area contributed by atoms with Crippen LogP contribution in [-0.2, 0) is 0 Å². The topological polar surface area (TPSA) is 9.23 Å². The van der Waals surface area contributed by atoms with E-state index in [1.807, 2.05) is 6.07 Å². The number of methoxy groups -OCH3 is 1. The summed E-state index contributed by atoms with van der Waals surface area (Å²) in [5.41, 5.74) is 0.430. The molecule has 0 radical (unpaired) electrons. The molecule has 0 amide bonds. The first-order valence-corrected chi connectivity index (χ1v) is 6.68. The zero-order valence-corrected chi connectivity index (χ0v) is 12.3. The average Bonchev–Trinajstić information content (AvgIpc) is 2.37. The van der Waals surface area contributed by atoms with Crippen molar-refractivity contribution < 1.29 is 13.5 Å². The zero-order chi connectivity index (χ0) is 14.0. The van der Waals surface area contributed by atoms with Crippen molar-refractivity contribution in [2.75, 3.05) is 7.11 Å². The van der Waals surface area contributed by atoms with Gasteiger partial charge in [0.2, 0.25) is 0 Å². The second kappa shape index (κ2) is 5.88. The molecule has 0 fully saturated rings. The van der Waals surface area contributed by atoms with Gasteiger partial charge in [-0.05, 0) is 17.7 Å². The Bertz CT molecular complexity index is 581. The van der Waals surface area contributed by atoms with Crippen LogP contribution in [0.25, 0.3) is 0 Å². The highest BCUT2D eigenvalue weighted by molar-refractivity contribution is 9.10. The number of rotatable bonds is 3. The van der Waals surface area contributed by atoms with Gasteiger partial charge in [-0.15, -0.1) is 11.6 Å². The maximum Gasteiger partial charge on any atom is 0.134 e. The molecule has 100 valence electrons. The molecular formula is C14H10BrClF2O. The fourth-order valence-electron chi connectivity index (χ4n) is 1.75. The van der Waals surface area contributed by atoms with Gasteiger partial charge in [-0.2, -0.15) is 0 Å². The van der Waals surface area contributed by atoms with E-state index < -0.39 is 17.0 Å². The molecule has 0 aliphatic rings. The summed E-state index contributed by atoms with van der Waals surface area (Å²) in [7, 11) is 1.35. The SMILES string of the molecule is COc1cc(F)c(C(Cl)c2cccc(Br)c2)c(F)c1. The van der Waals surface area contributed by atoms with Gasteiger partial charge >= 0.3 is 0 Å². The Kier molecular flexibility index (Phi) is 4.42. The standard InChI is InChI=1S/C14H10BrClF2O/c1-19-10-6-11(17)13(12(18)7-10)14(16)8-3-2-4-9(15)5-8/h2-7,14H,1H3. The summed E-state index contributed by atoms with van der Waals surface area (Å²) in [5, 5.41) is -0.900. The molecule has 5 heteroatoms. The monoisotopic (exact) mass is 346 g/mol. The third-order valence-electron chi connectivity index (χ3n) is 2.68. The first kappa shape index (κ1) is 14.3. The molecule has 2 aromatic rings. The summed E-state index contributed by atoms with van der Waals surface area (Å²) in [6.07, 6.45) is 0. The van der Waals surface area contributed by atoms with Gasteiger partial charge in [0, 0.05) is 22.2 Å². The molecule has 2 aromatic carbocycles. The number of alkyl halides is 1. The number of ether oxygens (including phenoxy) is 1. The molecule has 0 saturated carbocycles. The summed E-state index contributed by atoms with van der Waals surface area (Å²) >= 11 is 9.46. The summed E-state index contributed by atoms with van der Waals surface area (Å²) in [5.74, 6) is -1.33. The Morgan fingerprint density at radius 2 is 1.79 bits per heavy atom. The normalized spacial score (nSPS) is 12.3. The molecule has 0 saturated heterocycles. The summed E-state index contributed by atoms with van der Waals surface area (Å²) < 4.78 is 33.4. The molecule has 0 spiro atoms. The Morgan fingerprint density at radius 3 is 2.32 bits per heavy atom. The van der Waals surface area contributed by atoms with Gasteiger partial charge in [-0.1, -0.05) is 28.1 Å². The van der Waals surface area contributed by atoms with E-state index in [-0.39, 0.29) is 11.3 Å². The Balaban J connectivity index is 2.47. The lowest BCUT2D eigenvalue weighted by atomic mass is 10.0. The van der Waals surface area contributed by atoms with Crippen LogP contribution in [0.5, 0.6) is 5.75 Å². The van der Waals surface area contributed by atoms with Gasteiger partial charge in [0.15, 0.2) is 0 Å². The minimum absolute atomic E-state index is 0.122. The van der Waals surface area contributed by atoms with E-state index in [2.05, 4.69) is 15.9 Å². The largest absolute Gasteiger partial charge is 0.497 e. The molecule has 0 bridgehead atoms. The molecule has 1 nitrogen and oxygen atoms in total. The van der Waals surface area contributed by atoms with Crippen LogP contribution < -0.4 is 4.74 Å². The van der Waals surface area contributed by atoms with Crippen molar-refractivity contribution in [3.8, 4) is 5.75 Å². The number of hydrogen-bond acceptors (Lipinski definition) is 1. The highest BCUT2D eigenvalue weighted by atomic mass is 79.9. The van der Waals surface area contributed by atoms with Gasteiger partial charge < -0.3 is 4.74 Å². The molecule has 1 unspecified atom stereocenters. The highest BCUT2D eigenvalue weighted by Gasteiger charge is 2.21. The minimum Gasteiger partial charge on any atom is -0.497 e. The van der Waals surface area contributed by atoms with Crippen LogP contribution in [-0.4, -0.2) is 7.11 Å². The Morgan fingerprint density at radius 1 is 1.16 bits per heavy atom. The third-order valence-corrected chi connectivity index (χ3v) is 3.65. The van der Waals surface area contributed by atoms with Crippen LogP contribution in [0.15, 0.2) is 40.9 Å². The second-order valence-corrected chi connectivity index (χ2v) is 5.27. The van der Waals surface area contributed by atoms with Gasteiger partial charge in [-0.3, -0.25) is 0 Å². The lowest BCUT2D eigenvalue weighted by molar-refractivity contribution is 0.405. The molecule has 0 aliphatic carbocycles. The molecule has 2 rings (SSSR count). The van der Waals surface area contributed by atoms with Crippen molar-refractivity contribution >= 4 is 27.5 Å². The molecular weight excluding hydrogens is 338 g/mol. The maximum atomic E-state index is 13.9. The van der Waals surface area contributed by atoms with E-state index in [0.29, 0.717) is 5.56 Å². The van der Waals surface area contributed by atoms with Crippen molar-refractivity contribution in [3.63, 3.8) is 0 Å². The first-order chi connectivity index (χ1) is 9.02. The fourth-order valence-corrected chi connectivity index (χ4v) is 2.51. The molecule has 0 N–H and O–H groups in total. The van der Waals surface area contributed by atoms with E-state index in [1.165, 1.54) is 7.11 Å². The predicted molar refractivity (Wildman–Crippen MR) is 74.7 cm³/mol. The molecule has 0 heterocycles. The minimum atomic E-state index is -0.900. The van der Waals surface area contributed by atoms with E-state index in [4.69, 9.17) is 16.3 Å². The van der Waals surface area contributed by atoms with Crippen LogP contribution in [0.4, 0.5) is 8.78 Å². The molecule has 19 heavy (non-hydrogen) atoms. The zero-order valence-electron chi connectivity index (χ0n) is 9.96. The van der Waals surface area contributed by atoms with Crippen molar-refractivity contribution in [3.05, 3.63) is 63.6 Å². The second-order valence-electron chi connectivity index (χ2n) is 3.92. The lowest BCUT2D eigenvalue weighted by Crippen LogP contribution is -2.02. The Hall–Kier alpha value is -1.13. The maximum absolute atomic E-state index is 13.9. The summed E-state index contributed by atoms with van der Waals surface area (Å²) in [6, 6.07) is 9.24. The van der Waals surface area contributed by atoms with Crippen molar-refractivity contribution in [2.24, 2.45) is 0 Å². The highest BCUT2D eigenvalue weighted by Crippen LogP contribution is 2.35. The molecule has 0 aliphatic heterocycles. The van der Waals surface area contributed by atoms with E-state index >= 15 is 0 Å². The van der Waals surface area contributed by atoms with Crippen LogP contribution in [0.2, 0.25) is 0 Å². The van der Waals surface area contributed by atoms with Gasteiger partial charge in [-0.25, -0.2) is 8.78 Å².